The second-order valence-corrected chi connectivity index (χ2v) is 8.65. The zero-order valence-electron chi connectivity index (χ0n) is 19.3. The first-order chi connectivity index (χ1) is 15.4. The Morgan fingerprint density at radius 1 is 1.38 bits per heavy atom. The summed E-state index contributed by atoms with van der Waals surface area (Å²) >= 11 is 0. The van der Waals surface area contributed by atoms with Crippen molar-refractivity contribution in [2.24, 2.45) is 5.92 Å². The third-order valence-corrected chi connectivity index (χ3v) is 5.94. The predicted molar refractivity (Wildman–Crippen MR) is 123 cm³/mol. The van der Waals surface area contributed by atoms with Crippen LogP contribution < -0.4 is 4.74 Å². The number of benzene rings is 1. The summed E-state index contributed by atoms with van der Waals surface area (Å²) in [5.41, 5.74) is 2.46. The van der Waals surface area contributed by atoms with Gasteiger partial charge in [0.25, 0.3) is 5.91 Å². The quantitative estimate of drug-likeness (QED) is 0.717. The molecule has 0 radical (unpaired) electrons. The Kier molecular flexibility index (Phi) is 7.84. The molecule has 1 aromatic heterocycles. The molecule has 3 rings (SSSR count). The van der Waals surface area contributed by atoms with E-state index in [1.165, 1.54) is 0 Å². The van der Waals surface area contributed by atoms with Crippen LogP contribution >= 0.6 is 0 Å². The highest BCUT2D eigenvalue weighted by Crippen LogP contribution is 2.30. The van der Waals surface area contributed by atoms with Crippen LogP contribution in [0.25, 0.3) is 11.1 Å². The molecule has 7 nitrogen and oxygen atoms in total. The number of carbonyl (C=O) groups is 1. The molecule has 7 heteroatoms. The molecule has 0 saturated heterocycles. The van der Waals surface area contributed by atoms with E-state index in [2.05, 4.69) is 36.8 Å². The Hall–Kier alpha value is -2.95. The van der Waals surface area contributed by atoms with E-state index in [4.69, 9.17) is 4.74 Å². The third kappa shape index (κ3) is 5.26. The van der Waals surface area contributed by atoms with Gasteiger partial charge in [-0.15, -0.1) is 0 Å². The molecule has 1 aliphatic rings. The molecule has 2 heterocycles. The van der Waals surface area contributed by atoms with Crippen LogP contribution in [0.1, 0.15) is 43.1 Å². The lowest BCUT2D eigenvalue weighted by Gasteiger charge is -2.37. The van der Waals surface area contributed by atoms with Gasteiger partial charge in [0.2, 0.25) is 5.88 Å². The Balaban J connectivity index is 2.04. The molecule has 0 spiro atoms. The van der Waals surface area contributed by atoms with Crippen molar-refractivity contribution in [3.8, 4) is 23.1 Å². The smallest absolute Gasteiger partial charge is 0.259 e. The van der Waals surface area contributed by atoms with Gasteiger partial charge in [-0.1, -0.05) is 26.0 Å². The topological polar surface area (TPSA) is 89.7 Å². The first-order valence-corrected chi connectivity index (χ1v) is 11.2. The number of ether oxygens (including phenoxy) is 1. The second-order valence-electron chi connectivity index (χ2n) is 8.65. The van der Waals surface area contributed by atoms with Gasteiger partial charge in [0.05, 0.1) is 24.3 Å². The van der Waals surface area contributed by atoms with Crippen LogP contribution in [0.3, 0.4) is 0 Å². The lowest BCUT2D eigenvalue weighted by Crippen LogP contribution is -2.50. The minimum absolute atomic E-state index is 0.0641. The van der Waals surface area contributed by atoms with E-state index in [9.17, 15) is 15.2 Å². The minimum atomic E-state index is -0.324. The summed E-state index contributed by atoms with van der Waals surface area (Å²) in [5.74, 6) is 0.167. The van der Waals surface area contributed by atoms with Crippen LogP contribution in [-0.2, 0) is 0 Å². The summed E-state index contributed by atoms with van der Waals surface area (Å²) in [6.45, 7) is 8.10. The number of fused-ring (bicyclic) bond motifs is 1. The van der Waals surface area contributed by atoms with Crippen molar-refractivity contribution < 1.29 is 14.6 Å². The number of amides is 1. The van der Waals surface area contributed by atoms with Gasteiger partial charge in [0.15, 0.2) is 0 Å². The maximum absolute atomic E-state index is 13.5. The van der Waals surface area contributed by atoms with E-state index >= 15 is 0 Å². The van der Waals surface area contributed by atoms with Gasteiger partial charge in [-0.05, 0) is 50.7 Å². The third-order valence-electron chi connectivity index (χ3n) is 5.94. The number of likely N-dealkylation sites (N-methyl/N-ethyl adjacent to an activating group) is 1. The predicted octanol–water partition coefficient (Wildman–Crippen LogP) is 3.18. The number of aliphatic hydroxyl groups is 1. The van der Waals surface area contributed by atoms with E-state index in [1.807, 2.05) is 19.1 Å². The standard InChI is InChI=1S/C25H32N4O3/c1-5-9-28(4)15-23-17(2)14-29(18(3)16-30)25(31)22-11-21(13-27-24(22)32-23)20-8-6-7-19(10-20)12-26/h6-8,10-11,13,17-18,23,30H,5,9,14-16H2,1-4H3/t17-,18-,23-/m1/s1. The molecule has 2 aromatic rings. The molecule has 0 unspecified atom stereocenters. The van der Waals surface area contributed by atoms with Crippen LogP contribution in [0.5, 0.6) is 5.88 Å². The molecule has 1 N–H and O–H groups in total. The Labute approximate surface area is 190 Å². The van der Waals surface area contributed by atoms with Crippen molar-refractivity contribution in [3.63, 3.8) is 0 Å². The van der Waals surface area contributed by atoms with Crippen molar-refractivity contribution >= 4 is 5.91 Å². The van der Waals surface area contributed by atoms with E-state index in [0.717, 1.165) is 30.6 Å². The van der Waals surface area contributed by atoms with E-state index in [1.54, 1.807) is 29.3 Å². The molecule has 0 aliphatic carbocycles. The van der Waals surface area contributed by atoms with Gasteiger partial charge in [-0.25, -0.2) is 4.98 Å². The van der Waals surface area contributed by atoms with E-state index in [0.29, 0.717) is 23.6 Å². The van der Waals surface area contributed by atoms with Crippen molar-refractivity contribution in [2.45, 2.75) is 39.3 Å². The maximum atomic E-state index is 13.5. The van der Waals surface area contributed by atoms with Gasteiger partial charge >= 0.3 is 0 Å². The maximum Gasteiger partial charge on any atom is 0.259 e. The van der Waals surface area contributed by atoms with Crippen LogP contribution in [-0.4, -0.2) is 71.2 Å². The zero-order valence-corrected chi connectivity index (χ0v) is 19.3. The number of nitriles is 1. The van der Waals surface area contributed by atoms with E-state index < -0.39 is 0 Å². The lowest BCUT2D eigenvalue weighted by atomic mass is 9.98. The first kappa shape index (κ1) is 23.7. The lowest BCUT2D eigenvalue weighted by molar-refractivity contribution is 0.0331. The fourth-order valence-corrected chi connectivity index (χ4v) is 4.03. The summed E-state index contributed by atoms with van der Waals surface area (Å²) in [6.07, 6.45) is 2.58. The molecule has 1 aliphatic heterocycles. The van der Waals surface area contributed by atoms with Crippen LogP contribution in [0, 0.1) is 17.2 Å². The molecule has 1 aromatic carbocycles. The molecule has 170 valence electrons. The highest BCUT2D eigenvalue weighted by molar-refractivity contribution is 5.98. The second kappa shape index (κ2) is 10.6. The van der Waals surface area contributed by atoms with Crippen LogP contribution in [0.15, 0.2) is 36.5 Å². The largest absolute Gasteiger partial charge is 0.472 e. The number of carbonyl (C=O) groups excluding carboxylic acids is 1. The minimum Gasteiger partial charge on any atom is -0.472 e. The summed E-state index contributed by atoms with van der Waals surface area (Å²) in [6, 6.07) is 10.8. The number of nitrogens with zero attached hydrogens (tertiary/aromatic N) is 4. The summed E-state index contributed by atoms with van der Waals surface area (Å²) in [5, 5.41) is 19.0. The average Bonchev–Trinajstić information content (AvgIpc) is 2.80. The number of hydrogen-bond acceptors (Lipinski definition) is 6. The number of hydrogen-bond donors (Lipinski definition) is 1. The van der Waals surface area contributed by atoms with Crippen LogP contribution in [0.2, 0.25) is 0 Å². The monoisotopic (exact) mass is 436 g/mol. The molecule has 3 atom stereocenters. The number of aromatic nitrogens is 1. The molecular formula is C25H32N4O3. The van der Waals surface area contributed by atoms with Gasteiger partial charge in [-0.3, -0.25) is 4.79 Å². The Morgan fingerprint density at radius 3 is 2.84 bits per heavy atom. The fraction of sp³-hybridized carbons (Fsp3) is 0.480. The number of aliphatic hydroxyl groups excluding tert-OH is 1. The zero-order chi connectivity index (χ0) is 23.3. The molecule has 1 amide bonds. The van der Waals surface area contributed by atoms with Crippen molar-refractivity contribution in [3.05, 3.63) is 47.7 Å². The van der Waals surface area contributed by atoms with Crippen molar-refractivity contribution in [1.29, 1.82) is 5.26 Å². The van der Waals surface area contributed by atoms with Crippen LogP contribution in [0.4, 0.5) is 0 Å². The molecule has 0 bridgehead atoms. The first-order valence-electron chi connectivity index (χ1n) is 11.2. The molecule has 32 heavy (non-hydrogen) atoms. The SMILES string of the molecule is CCCN(C)C[C@H]1Oc2ncc(-c3cccc(C#N)c3)cc2C(=O)N([C@H](C)CO)C[C@H]1C. The Bertz CT molecular complexity index is 987. The van der Waals surface area contributed by atoms with Gasteiger partial charge in [0.1, 0.15) is 11.7 Å². The average molecular weight is 437 g/mol. The fourth-order valence-electron chi connectivity index (χ4n) is 4.03. The normalized spacial score (nSPS) is 19.5. The summed E-state index contributed by atoms with van der Waals surface area (Å²) < 4.78 is 6.32. The van der Waals surface area contributed by atoms with E-state index in [-0.39, 0.29) is 30.6 Å². The van der Waals surface area contributed by atoms with Crippen molar-refractivity contribution in [2.75, 3.05) is 33.3 Å². The number of rotatable bonds is 7. The Morgan fingerprint density at radius 2 is 2.16 bits per heavy atom. The molecular weight excluding hydrogens is 404 g/mol. The highest BCUT2D eigenvalue weighted by atomic mass is 16.5. The van der Waals surface area contributed by atoms with Gasteiger partial charge in [0, 0.05) is 30.8 Å². The summed E-state index contributed by atoms with van der Waals surface area (Å²) in [4.78, 5) is 22.0. The molecule has 0 saturated carbocycles. The van der Waals surface area contributed by atoms with Gasteiger partial charge < -0.3 is 19.6 Å². The van der Waals surface area contributed by atoms with Crippen molar-refractivity contribution in [1.82, 2.24) is 14.8 Å². The summed E-state index contributed by atoms with van der Waals surface area (Å²) in [7, 11) is 2.07. The van der Waals surface area contributed by atoms with Gasteiger partial charge in [-0.2, -0.15) is 5.26 Å². The number of pyridine rings is 1. The highest BCUT2D eigenvalue weighted by Gasteiger charge is 2.34. The molecule has 0 fully saturated rings.